The Morgan fingerprint density at radius 3 is 2.20 bits per heavy atom. The Morgan fingerprint density at radius 1 is 1.00 bits per heavy atom. The summed E-state index contributed by atoms with van der Waals surface area (Å²) in [4.78, 5) is 28.0. The van der Waals surface area contributed by atoms with Crippen molar-refractivity contribution in [2.75, 3.05) is 24.5 Å². The summed E-state index contributed by atoms with van der Waals surface area (Å²) in [6.07, 6.45) is 1.65. The van der Waals surface area contributed by atoms with Crippen molar-refractivity contribution in [2.45, 2.75) is 44.2 Å². The van der Waals surface area contributed by atoms with Crippen molar-refractivity contribution in [3.63, 3.8) is 0 Å². The van der Waals surface area contributed by atoms with Gasteiger partial charge in [-0.3, -0.25) is 13.9 Å². The van der Waals surface area contributed by atoms with Crippen molar-refractivity contribution in [1.29, 1.82) is 0 Å². The van der Waals surface area contributed by atoms with Gasteiger partial charge in [0, 0.05) is 18.1 Å². The molecule has 1 N–H and O–H groups in total. The smallest absolute Gasteiger partial charge is 0.264 e. The number of ether oxygens (including phenoxy) is 1. The maximum atomic E-state index is 13.8. The third-order valence-electron chi connectivity index (χ3n) is 6.30. The largest absolute Gasteiger partial charge is 0.497 e. The van der Waals surface area contributed by atoms with Crippen LogP contribution in [0.15, 0.2) is 77.7 Å². The topological polar surface area (TPSA) is 96.0 Å². The molecule has 214 valence electrons. The lowest BCUT2D eigenvalue weighted by molar-refractivity contribution is -0.139. The van der Waals surface area contributed by atoms with Gasteiger partial charge in [0.25, 0.3) is 10.0 Å². The van der Waals surface area contributed by atoms with Gasteiger partial charge in [0.2, 0.25) is 11.8 Å². The molecule has 0 aliphatic rings. The first-order valence-corrected chi connectivity index (χ1v) is 14.6. The number of halogens is 2. The molecule has 1 atom stereocenters. The summed E-state index contributed by atoms with van der Waals surface area (Å²) >= 11 is 6.04. The van der Waals surface area contributed by atoms with Gasteiger partial charge in [-0.1, -0.05) is 37.1 Å². The van der Waals surface area contributed by atoms with Gasteiger partial charge in [0.1, 0.15) is 24.2 Å². The fraction of sp³-hybridized carbons (Fsp3) is 0.310. The molecule has 40 heavy (non-hydrogen) atoms. The van der Waals surface area contributed by atoms with Crippen LogP contribution in [0.1, 0.15) is 32.3 Å². The van der Waals surface area contributed by atoms with Gasteiger partial charge in [0.15, 0.2) is 0 Å². The first-order chi connectivity index (χ1) is 19.1. The molecule has 11 heteroatoms. The van der Waals surface area contributed by atoms with E-state index in [2.05, 4.69) is 5.32 Å². The molecule has 3 aromatic rings. The van der Waals surface area contributed by atoms with E-state index in [1.807, 2.05) is 6.92 Å². The van der Waals surface area contributed by atoms with Crippen LogP contribution in [-0.4, -0.2) is 51.4 Å². The number of hydrogen-bond acceptors (Lipinski definition) is 5. The zero-order valence-corrected chi connectivity index (χ0v) is 24.2. The summed E-state index contributed by atoms with van der Waals surface area (Å²) < 4.78 is 47.3. The van der Waals surface area contributed by atoms with Crippen LogP contribution in [-0.2, 0) is 26.2 Å². The summed E-state index contributed by atoms with van der Waals surface area (Å²) in [5, 5.41) is 3.22. The first-order valence-electron chi connectivity index (χ1n) is 12.8. The number of nitrogens with zero attached hydrogens (tertiary/aromatic N) is 2. The summed E-state index contributed by atoms with van der Waals surface area (Å²) in [6, 6.07) is 16.5. The molecule has 8 nitrogen and oxygen atoms in total. The predicted molar refractivity (Wildman–Crippen MR) is 153 cm³/mol. The molecular weight excluding hydrogens is 557 g/mol. The van der Waals surface area contributed by atoms with Gasteiger partial charge < -0.3 is 15.0 Å². The molecule has 0 bridgehead atoms. The summed E-state index contributed by atoms with van der Waals surface area (Å²) in [5.41, 5.74) is 0.800. The Bertz CT molecular complexity index is 1380. The lowest BCUT2D eigenvalue weighted by Crippen LogP contribution is -2.51. The summed E-state index contributed by atoms with van der Waals surface area (Å²) in [7, 11) is -2.76. The van der Waals surface area contributed by atoms with E-state index in [4.69, 9.17) is 16.3 Å². The Balaban J connectivity index is 1.99. The van der Waals surface area contributed by atoms with Crippen molar-refractivity contribution in [1.82, 2.24) is 10.2 Å². The van der Waals surface area contributed by atoms with Gasteiger partial charge in [-0.25, -0.2) is 12.8 Å². The van der Waals surface area contributed by atoms with Crippen LogP contribution < -0.4 is 14.4 Å². The summed E-state index contributed by atoms with van der Waals surface area (Å²) in [5.74, 6) is -0.956. The highest BCUT2D eigenvalue weighted by Gasteiger charge is 2.32. The highest BCUT2D eigenvalue weighted by Crippen LogP contribution is 2.27. The molecule has 3 aromatic carbocycles. The van der Waals surface area contributed by atoms with Crippen LogP contribution in [0.25, 0.3) is 0 Å². The fourth-order valence-electron chi connectivity index (χ4n) is 3.92. The second kappa shape index (κ2) is 14.1. The van der Waals surface area contributed by atoms with E-state index in [1.54, 1.807) is 6.92 Å². The second-order valence-corrected chi connectivity index (χ2v) is 11.4. The molecule has 0 radical (unpaired) electrons. The maximum Gasteiger partial charge on any atom is 0.264 e. The first kappa shape index (κ1) is 30.9. The van der Waals surface area contributed by atoms with Crippen LogP contribution >= 0.6 is 11.6 Å². The number of carbonyl (C=O) groups excluding carboxylic acids is 2. The minimum absolute atomic E-state index is 0.0292. The predicted octanol–water partition coefficient (Wildman–Crippen LogP) is 5.02. The van der Waals surface area contributed by atoms with Crippen molar-refractivity contribution < 1.29 is 27.1 Å². The van der Waals surface area contributed by atoms with E-state index < -0.39 is 34.3 Å². The van der Waals surface area contributed by atoms with Gasteiger partial charge in [-0.15, -0.1) is 0 Å². The van der Waals surface area contributed by atoms with Gasteiger partial charge in [-0.2, -0.15) is 0 Å². The average molecular weight is 590 g/mol. The van der Waals surface area contributed by atoms with E-state index >= 15 is 0 Å². The number of anilines is 1. The monoisotopic (exact) mass is 589 g/mol. The standard InChI is InChI=1S/C29H33ClFN3O5S/c1-4-5-18-32-29(36)21(2)33(19-22-6-10-24(31)11-7-22)28(35)20-34(25-12-8-23(30)9-13-25)40(37,38)27-16-14-26(39-3)15-17-27/h6-17,21H,4-5,18-20H2,1-3H3,(H,32,36)/t21-/m0/s1. The molecule has 3 rings (SSSR count). The molecule has 0 aromatic heterocycles. The molecule has 0 aliphatic carbocycles. The van der Waals surface area contributed by atoms with Crippen LogP contribution in [0.3, 0.4) is 0 Å². The second-order valence-electron chi connectivity index (χ2n) is 9.13. The zero-order valence-electron chi connectivity index (χ0n) is 22.6. The Hall–Kier alpha value is -3.63. The number of methoxy groups -OCH3 is 1. The lowest BCUT2D eigenvalue weighted by atomic mass is 10.1. The number of hydrogen-bond donors (Lipinski definition) is 1. The molecule has 0 aliphatic heterocycles. The Labute approximate surface area is 239 Å². The Kier molecular flexibility index (Phi) is 10.9. The molecule has 0 unspecified atom stereocenters. The molecular formula is C29H33ClFN3O5S. The number of amides is 2. The molecule has 0 heterocycles. The maximum absolute atomic E-state index is 13.8. The normalized spacial score (nSPS) is 11.9. The highest BCUT2D eigenvalue weighted by atomic mass is 35.5. The Morgan fingerprint density at radius 2 is 1.62 bits per heavy atom. The van der Waals surface area contributed by atoms with Gasteiger partial charge in [0.05, 0.1) is 17.7 Å². The lowest BCUT2D eigenvalue weighted by Gasteiger charge is -2.32. The third-order valence-corrected chi connectivity index (χ3v) is 8.34. The highest BCUT2D eigenvalue weighted by molar-refractivity contribution is 7.92. The number of carbonyl (C=O) groups is 2. The van der Waals surface area contributed by atoms with Crippen LogP contribution in [0.4, 0.5) is 10.1 Å². The molecule has 2 amide bonds. The molecule has 0 saturated heterocycles. The average Bonchev–Trinajstić information content (AvgIpc) is 2.95. The van der Waals surface area contributed by atoms with Crippen molar-refractivity contribution in [3.05, 3.63) is 89.2 Å². The fourth-order valence-corrected chi connectivity index (χ4v) is 5.46. The van der Waals surface area contributed by atoms with E-state index in [1.165, 1.54) is 84.8 Å². The quantitative estimate of drug-likeness (QED) is 0.283. The molecule has 0 spiro atoms. The van der Waals surface area contributed by atoms with Crippen LogP contribution in [0.2, 0.25) is 5.02 Å². The van der Waals surface area contributed by atoms with Gasteiger partial charge >= 0.3 is 0 Å². The molecule has 0 saturated carbocycles. The van der Waals surface area contributed by atoms with Crippen molar-refractivity contribution in [2.24, 2.45) is 0 Å². The SMILES string of the molecule is CCCCNC(=O)[C@H](C)N(Cc1ccc(F)cc1)C(=O)CN(c1ccc(Cl)cc1)S(=O)(=O)c1ccc(OC)cc1. The number of benzene rings is 3. The van der Waals surface area contributed by atoms with Crippen LogP contribution in [0, 0.1) is 5.82 Å². The van der Waals surface area contributed by atoms with Crippen molar-refractivity contribution in [3.8, 4) is 5.75 Å². The van der Waals surface area contributed by atoms with Gasteiger partial charge in [-0.05, 0) is 79.6 Å². The third kappa shape index (κ3) is 7.95. The van der Waals surface area contributed by atoms with E-state index in [-0.39, 0.29) is 23.0 Å². The van der Waals surface area contributed by atoms with Crippen LogP contribution in [0.5, 0.6) is 5.75 Å². The zero-order chi connectivity index (χ0) is 29.3. The van der Waals surface area contributed by atoms with Crippen molar-refractivity contribution >= 4 is 39.1 Å². The number of unbranched alkanes of at least 4 members (excludes halogenated alkanes) is 1. The minimum atomic E-state index is -4.23. The minimum Gasteiger partial charge on any atom is -0.497 e. The number of sulfonamides is 1. The number of rotatable bonds is 13. The molecule has 0 fully saturated rings. The summed E-state index contributed by atoms with van der Waals surface area (Å²) in [6.45, 7) is 3.39. The van der Waals surface area contributed by atoms with E-state index in [0.717, 1.165) is 17.1 Å². The number of nitrogens with one attached hydrogen (secondary N) is 1. The van der Waals surface area contributed by atoms with E-state index in [9.17, 15) is 22.4 Å². The van der Waals surface area contributed by atoms with E-state index in [0.29, 0.717) is 22.9 Å².